The van der Waals surface area contributed by atoms with Crippen LogP contribution in [0.5, 0.6) is 5.75 Å². The summed E-state index contributed by atoms with van der Waals surface area (Å²) in [5.41, 5.74) is 7.89. The zero-order valence-corrected chi connectivity index (χ0v) is 16.1. The van der Waals surface area contributed by atoms with E-state index in [0.717, 1.165) is 0 Å². The lowest BCUT2D eigenvalue weighted by Gasteiger charge is -2.08. The highest BCUT2D eigenvalue weighted by atomic mass is 16.6. The molecule has 0 bridgehead atoms. The van der Waals surface area contributed by atoms with Gasteiger partial charge < -0.3 is 10.8 Å². The first-order valence-corrected chi connectivity index (χ1v) is 9.20. The van der Waals surface area contributed by atoms with E-state index in [1.54, 1.807) is 42.5 Å². The molecule has 9 heteroatoms. The van der Waals surface area contributed by atoms with Crippen LogP contribution in [0.2, 0.25) is 0 Å². The lowest BCUT2D eigenvalue weighted by molar-refractivity contribution is -0.384. The minimum absolute atomic E-state index is 0.0889. The van der Waals surface area contributed by atoms with Crippen molar-refractivity contribution < 1.29 is 10.0 Å². The van der Waals surface area contributed by atoms with E-state index < -0.39 is 4.92 Å². The number of non-ortho nitro benzene ring substituents is 1. The molecular formula is C22H16N6O3. The Kier molecular flexibility index (Phi) is 5.31. The highest BCUT2D eigenvalue weighted by Crippen LogP contribution is 2.42. The van der Waals surface area contributed by atoms with Crippen molar-refractivity contribution in [1.29, 1.82) is 0 Å². The Hall–Kier alpha value is -4.66. The van der Waals surface area contributed by atoms with Crippen LogP contribution in [0.1, 0.15) is 0 Å². The van der Waals surface area contributed by atoms with Crippen molar-refractivity contribution in [3.05, 3.63) is 89.0 Å². The topological polar surface area (TPSA) is 139 Å². The SMILES string of the molecule is Nc1c(N=Nc2cccc([N+](=O)[O-])c2)ccc2ccc(N=Nc3ccccc3)c(O)c12. The molecule has 0 radical (unpaired) electrons. The number of anilines is 1. The van der Waals surface area contributed by atoms with Gasteiger partial charge in [0.1, 0.15) is 11.4 Å². The number of hydrogen-bond donors (Lipinski definition) is 2. The number of benzene rings is 4. The second kappa shape index (κ2) is 8.37. The smallest absolute Gasteiger partial charge is 0.271 e. The Labute approximate surface area is 176 Å². The molecule has 152 valence electrons. The second-order valence-electron chi connectivity index (χ2n) is 6.54. The number of nitro groups is 1. The van der Waals surface area contributed by atoms with Crippen LogP contribution in [-0.4, -0.2) is 10.0 Å². The molecule has 4 aromatic carbocycles. The third-order valence-corrected chi connectivity index (χ3v) is 4.50. The van der Waals surface area contributed by atoms with E-state index >= 15 is 0 Å². The lowest BCUT2D eigenvalue weighted by atomic mass is 10.1. The molecule has 0 unspecified atom stereocenters. The highest BCUT2D eigenvalue weighted by Gasteiger charge is 2.13. The summed E-state index contributed by atoms with van der Waals surface area (Å²) in [6.07, 6.45) is 0. The number of azo groups is 2. The van der Waals surface area contributed by atoms with E-state index in [1.165, 1.54) is 18.2 Å². The van der Waals surface area contributed by atoms with Crippen LogP contribution in [-0.2, 0) is 0 Å². The molecule has 0 heterocycles. The molecule has 4 rings (SSSR count). The first-order chi connectivity index (χ1) is 15.0. The largest absolute Gasteiger partial charge is 0.505 e. The number of nitrogens with two attached hydrogens (primary N) is 1. The number of nitro benzene ring substituents is 1. The molecule has 0 fully saturated rings. The summed E-state index contributed by atoms with van der Waals surface area (Å²) in [5.74, 6) is -0.123. The summed E-state index contributed by atoms with van der Waals surface area (Å²) in [5, 5.41) is 39.1. The van der Waals surface area contributed by atoms with E-state index in [4.69, 9.17) is 5.73 Å². The van der Waals surface area contributed by atoms with Crippen LogP contribution >= 0.6 is 0 Å². The van der Waals surface area contributed by atoms with Crippen molar-refractivity contribution in [2.24, 2.45) is 20.5 Å². The maximum atomic E-state index is 10.9. The predicted octanol–water partition coefficient (Wildman–Crippen LogP) is 6.87. The number of hydrogen-bond acceptors (Lipinski definition) is 8. The Morgan fingerprint density at radius 2 is 1.42 bits per heavy atom. The molecular weight excluding hydrogens is 396 g/mol. The van der Waals surface area contributed by atoms with Gasteiger partial charge in [-0.1, -0.05) is 36.4 Å². The van der Waals surface area contributed by atoms with Gasteiger partial charge >= 0.3 is 0 Å². The summed E-state index contributed by atoms with van der Waals surface area (Å²) in [7, 11) is 0. The minimum atomic E-state index is -0.507. The zero-order chi connectivity index (χ0) is 21.8. The Balaban J connectivity index is 1.71. The average Bonchev–Trinajstić information content (AvgIpc) is 2.79. The van der Waals surface area contributed by atoms with Crippen LogP contribution in [0.25, 0.3) is 10.8 Å². The third-order valence-electron chi connectivity index (χ3n) is 4.50. The van der Waals surface area contributed by atoms with Gasteiger partial charge in [0.25, 0.3) is 5.69 Å². The second-order valence-corrected chi connectivity index (χ2v) is 6.54. The van der Waals surface area contributed by atoms with Gasteiger partial charge in [-0.2, -0.15) is 10.2 Å². The van der Waals surface area contributed by atoms with Crippen molar-refractivity contribution in [1.82, 2.24) is 0 Å². The normalized spacial score (nSPS) is 11.5. The standard InChI is InChI=1S/C22H16N6O3/c23-21-18(26-25-16-7-4-8-17(13-16)28(30)31)11-9-14-10-12-19(22(29)20(14)21)27-24-15-5-2-1-3-6-15/h1-13,29H,23H2. The lowest BCUT2D eigenvalue weighted by Crippen LogP contribution is -1.89. The van der Waals surface area contributed by atoms with Crippen LogP contribution in [0.3, 0.4) is 0 Å². The first-order valence-electron chi connectivity index (χ1n) is 9.20. The number of phenolic OH excluding ortho intramolecular Hbond substituents is 1. The molecule has 0 amide bonds. The molecule has 3 N–H and O–H groups in total. The number of rotatable bonds is 5. The van der Waals surface area contributed by atoms with E-state index in [-0.39, 0.29) is 22.8 Å². The molecule has 0 aromatic heterocycles. The van der Waals surface area contributed by atoms with Gasteiger partial charge in [0, 0.05) is 12.1 Å². The van der Waals surface area contributed by atoms with E-state index in [2.05, 4.69) is 20.5 Å². The van der Waals surface area contributed by atoms with E-state index in [0.29, 0.717) is 27.8 Å². The zero-order valence-electron chi connectivity index (χ0n) is 16.1. The van der Waals surface area contributed by atoms with Crippen LogP contribution in [0, 0.1) is 10.1 Å². The fraction of sp³-hybridized carbons (Fsp3) is 0. The Bertz CT molecular complexity index is 1340. The molecule has 4 aromatic rings. The Morgan fingerprint density at radius 3 is 2.16 bits per heavy atom. The van der Waals surface area contributed by atoms with Gasteiger partial charge in [0.15, 0.2) is 5.75 Å². The van der Waals surface area contributed by atoms with Gasteiger partial charge in [-0.3, -0.25) is 10.1 Å². The van der Waals surface area contributed by atoms with Crippen molar-refractivity contribution in [2.75, 3.05) is 5.73 Å². The summed E-state index contributed by atoms with van der Waals surface area (Å²) in [6, 6.07) is 21.7. The number of fused-ring (bicyclic) bond motifs is 1. The molecule has 0 atom stereocenters. The molecule has 9 nitrogen and oxygen atoms in total. The molecule has 0 aliphatic heterocycles. The number of aromatic hydroxyl groups is 1. The molecule has 0 saturated heterocycles. The average molecular weight is 412 g/mol. The summed E-state index contributed by atoms with van der Waals surface area (Å²) in [6.45, 7) is 0. The molecule has 0 spiro atoms. The van der Waals surface area contributed by atoms with Crippen molar-refractivity contribution in [3.8, 4) is 5.75 Å². The molecule has 0 aliphatic carbocycles. The number of phenols is 1. The van der Waals surface area contributed by atoms with Gasteiger partial charge in [-0.05, 0) is 35.7 Å². The van der Waals surface area contributed by atoms with E-state index in [9.17, 15) is 15.2 Å². The van der Waals surface area contributed by atoms with Crippen molar-refractivity contribution >= 4 is 44.9 Å². The fourth-order valence-corrected chi connectivity index (χ4v) is 2.96. The van der Waals surface area contributed by atoms with Crippen LogP contribution in [0.15, 0.2) is 99.3 Å². The highest BCUT2D eigenvalue weighted by molar-refractivity contribution is 6.04. The third kappa shape index (κ3) is 4.20. The molecule has 0 aliphatic rings. The van der Waals surface area contributed by atoms with E-state index in [1.807, 2.05) is 18.2 Å². The maximum Gasteiger partial charge on any atom is 0.271 e. The first kappa shape index (κ1) is 19.6. The van der Waals surface area contributed by atoms with Gasteiger partial charge in [-0.15, -0.1) is 10.2 Å². The van der Waals surface area contributed by atoms with Crippen LogP contribution < -0.4 is 5.73 Å². The van der Waals surface area contributed by atoms with Gasteiger partial charge in [0.05, 0.1) is 27.4 Å². The van der Waals surface area contributed by atoms with Gasteiger partial charge in [-0.25, -0.2) is 0 Å². The maximum absolute atomic E-state index is 10.9. The summed E-state index contributed by atoms with van der Waals surface area (Å²) in [4.78, 5) is 10.4. The molecule has 0 saturated carbocycles. The Morgan fingerprint density at radius 1 is 0.774 bits per heavy atom. The van der Waals surface area contributed by atoms with Gasteiger partial charge in [0.2, 0.25) is 0 Å². The fourth-order valence-electron chi connectivity index (χ4n) is 2.96. The minimum Gasteiger partial charge on any atom is -0.505 e. The summed E-state index contributed by atoms with van der Waals surface area (Å²) < 4.78 is 0. The number of nitrogen functional groups attached to an aromatic ring is 1. The predicted molar refractivity (Wildman–Crippen MR) is 118 cm³/mol. The number of nitrogens with zero attached hydrogens (tertiary/aromatic N) is 5. The molecule has 31 heavy (non-hydrogen) atoms. The monoisotopic (exact) mass is 412 g/mol. The summed E-state index contributed by atoms with van der Waals surface area (Å²) >= 11 is 0. The van der Waals surface area contributed by atoms with Crippen LogP contribution in [0.4, 0.5) is 34.1 Å². The quantitative estimate of drug-likeness (QED) is 0.160. The van der Waals surface area contributed by atoms with Crippen molar-refractivity contribution in [3.63, 3.8) is 0 Å². The van der Waals surface area contributed by atoms with Crippen molar-refractivity contribution in [2.45, 2.75) is 0 Å².